The molecule has 14 heteroatoms. The number of allylic oxidation sites excluding steroid dienone is 2. The first-order chi connectivity index (χ1) is 24.7. The molecule has 0 spiro atoms. The van der Waals surface area contributed by atoms with Crippen LogP contribution in [0.1, 0.15) is 29.9 Å². The molecule has 1 N–H and O–H groups in total. The first kappa shape index (κ1) is 34.0. The first-order valence-electron chi connectivity index (χ1n) is 16.0. The van der Waals surface area contributed by atoms with Gasteiger partial charge in [0.1, 0.15) is 11.4 Å². The lowest BCUT2D eigenvalue weighted by Crippen LogP contribution is -2.60. The van der Waals surface area contributed by atoms with Gasteiger partial charge in [0.15, 0.2) is 33.0 Å². The number of hydrogen-bond donors (Lipinski definition) is 1. The van der Waals surface area contributed by atoms with Gasteiger partial charge in [-0.15, -0.1) is 23.2 Å². The number of amides is 4. The van der Waals surface area contributed by atoms with Crippen molar-refractivity contribution < 1.29 is 46.2 Å². The molecule has 8 rings (SSSR count). The maximum absolute atomic E-state index is 15.3. The van der Waals surface area contributed by atoms with Crippen molar-refractivity contribution in [1.82, 2.24) is 0 Å². The summed E-state index contributed by atoms with van der Waals surface area (Å²) in [5.41, 5.74) is -0.354. The molecule has 52 heavy (non-hydrogen) atoms. The minimum absolute atomic E-state index is 0.0133. The predicted octanol–water partition coefficient (Wildman–Crippen LogP) is 7.65. The molecule has 1 saturated carbocycles. The van der Waals surface area contributed by atoms with Crippen LogP contribution in [0.15, 0.2) is 78.9 Å². The van der Waals surface area contributed by atoms with Gasteiger partial charge in [-0.05, 0) is 53.5 Å². The molecule has 2 aliphatic heterocycles. The van der Waals surface area contributed by atoms with Crippen molar-refractivity contribution >= 4 is 75.1 Å². The Morgan fingerprint density at radius 1 is 0.750 bits per heavy atom. The van der Waals surface area contributed by atoms with Gasteiger partial charge in [0, 0.05) is 11.3 Å². The average molecular weight is 754 g/mol. The standard InChI is InChI=1S/C38H23Cl2F5N2O5/c1-2-16-7-9-17(10-8-16)46-33(49)22-12-11-21-23(25(22)34(46)50)15-37(39)35(51)47(32-30(44)28(42)27(41)29(43)31(32)45)36(52)38(37,40)26(21)20-13-14-24(48)19-6-4-3-5-18(19)20/h2-11,13-14,22-23,25-26,48H,1,12,15H2/t22-,23+,25-,26-,37+,38-/m0/s1. The number of rotatable bonds is 4. The number of phenols is 1. The van der Waals surface area contributed by atoms with Crippen molar-refractivity contribution in [2.24, 2.45) is 17.8 Å². The van der Waals surface area contributed by atoms with E-state index in [0.29, 0.717) is 11.0 Å². The van der Waals surface area contributed by atoms with Crippen molar-refractivity contribution in [2.75, 3.05) is 9.80 Å². The average Bonchev–Trinajstić information content (AvgIpc) is 3.48. The number of hydrogen-bond acceptors (Lipinski definition) is 5. The third kappa shape index (κ3) is 4.19. The number of aromatic hydroxyl groups is 1. The van der Waals surface area contributed by atoms with E-state index in [1.54, 1.807) is 60.7 Å². The summed E-state index contributed by atoms with van der Waals surface area (Å²) in [6.07, 6.45) is 2.56. The maximum atomic E-state index is 15.3. The monoisotopic (exact) mass is 752 g/mol. The van der Waals surface area contributed by atoms with Gasteiger partial charge in [0.25, 0.3) is 11.8 Å². The fraction of sp³-hybridized carbons (Fsp3) is 0.211. The van der Waals surface area contributed by atoms with E-state index in [9.17, 15) is 37.5 Å². The van der Waals surface area contributed by atoms with E-state index in [2.05, 4.69) is 6.58 Å². The second-order valence-corrected chi connectivity index (χ2v) is 14.5. The predicted molar refractivity (Wildman–Crippen MR) is 181 cm³/mol. The fourth-order valence-electron chi connectivity index (χ4n) is 8.48. The molecule has 4 aliphatic rings. The zero-order chi connectivity index (χ0) is 37.2. The summed E-state index contributed by atoms with van der Waals surface area (Å²) in [6.45, 7) is 3.70. The van der Waals surface area contributed by atoms with Crippen LogP contribution >= 0.6 is 23.2 Å². The minimum Gasteiger partial charge on any atom is -0.507 e. The summed E-state index contributed by atoms with van der Waals surface area (Å²) >= 11 is 14.5. The van der Waals surface area contributed by atoms with Crippen LogP contribution in [0.25, 0.3) is 16.8 Å². The van der Waals surface area contributed by atoms with E-state index in [-0.39, 0.29) is 33.7 Å². The summed E-state index contributed by atoms with van der Waals surface area (Å²) in [6, 6.07) is 15.5. The number of phenolic OH excluding ortho intramolecular Hbond substituents is 1. The van der Waals surface area contributed by atoms with E-state index in [1.807, 2.05) is 0 Å². The highest BCUT2D eigenvalue weighted by Gasteiger charge is 2.77. The number of carbonyl (C=O) groups excluding carboxylic acids is 4. The number of benzene rings is 4. The molecule has 4 amide bonds. The Morgan fingerprint density at radius 2 is 1.37 bits per heavy atom. The van der Waals surface area contributed by atoms with Crippen LogP contribution in [0, 0.1) is 46.8 Å². The van der Waals surface area contributed by atoms with Crippen molar-refractivity contribution in [1.29, 1.82) is 0 Å². The van der Waals surface area contributed by atoms with Crippen molar-refractivity contribution in [3.05, 3.63) is 119 Å². The summed E-state index contributed by atoms with van der Waals surface area (Å²) in [7, 11) is 0. The second kappa shape index (κ2) is 11.5. The third-order valence-corrected chi connectivity index (χ3v) is 12.3. The largest absolute Gasteiger partial charge is 0.507 e. The lowest BCUT2D eigenvalue weighted by atomic mass is 9.56. The summed E-state index contributed by atoms with van der Waals surface area (Å²) in [4.78, 5) is 52.7. The Balaban J connectivity index is 1.35. The zero-order valence-electron chi connectivity index (χ0n) is 26.5. The Kier molecular flexibility index (Phi) is 7.50. The molecule has 0 unspecified atom stereocenters. The van der Waals surface area contributed by atoms with E-state index >= 15 is 8.78 Å². The van der Waals surface area contributed by atoms with Crippen LogP contribution in [-0.2, 0) is 19.2 Å². The molecule has 7 nitrogen and oxygen atoms in total. The number of nitrogens with zero attached hydrogens (tertiary/aromatic N) is 2. The third-order valence-electron chi connectivity index (χ3n) is 10.9. The van der Waals surface area contributed by atoms with Crippen LogP contribution in [0.4, 0.5) is 33.3 Å². The van der Waals surface area contributed by atoms with E-state index in [1.165, 1.54) is 12.1 Å². The fourth-order valence-corrected chi connectivity index (χ4v) is 9.41. The molecule has 4 aromatic rings. The SMILES string of the molecule is C=Cc1ccc(N2C(=O)[C@H]3[C@H](CC=C4[C@H]3C[C@@]3(Cl)C(=O)N(c5c(F)c(F)c(F)c(F)c5F)C(=O)[C@@]3(Cl)[C@H]4c3ccc(O)c4ccccc34)C2=O)cc1. The summed E-state index contributed by atoms with van der Waals surface area (Å²) in [5.74, 6) is -21.4. The Bertz CT molecular complexity index is 2340. The van der Waals surface area contributed by atoms with Crippen LogP contribution in [-0.4, -0.2) is 38.5 Å². The molecule has 0 aromatic heterocycles. The second-order valence-electron chi connectivity index (χ2n) is 13.2. The lowest BCUT2D eigenvalue weighted by Gasteiger charge is -2.51. The van der Waals surface area contributed by atoms with Gasteiger partial charge in [-0.25, -0.2) is 26.9 Å². The number of imide groups is 2. The number of anilines is 2. The minimum atomic E-state index is -2.69. The normalized spacial score (nSPS) is 28.2. The molecular weight excluding hydrogens is 730 g/mol. The molecular formula is C38H23Cl2F5N2O5. The van der Waals surface area contributed by atoms with Crippen molar-refractivity contribution in [3.63, 3.8) is 0 Å². The van der Waals surface area contributed by atoms with Gasteiger partial charge in [0.05, 0.1) is 17.5 Å². The molecule has 264 valence electrons. The van der Waals surface area contributed by atoms with Gasteiger partial charge in [-0.2, -0.15) is 0 Å². The summed E-state index contributed by atoms with van der Waals surface area (Å²) in [5, 5.41) is 11.3. The molecule has 2 heterocycles. The molecule has 0 radical (unpaired) electrons. The number of halogens is 7. The summed E-state index contributed by atoms with van der Waals surface area (Å²) < 4.78 is 73.8. The van der Waals surface area contributed by atoms with Gasteiger partial charge >= 0.3 is 0 Å². The van der Waals surface area contributed by atoms with Crippen LogP contribution in [0.2, 0.25) is 0 Å². The highest BCUT2D eigenvalue weighted by Crippen LogP contribution is 2.66. The van der Waals surface area contributed by atoms with Gasteiger partial charge in [-0.1, -0.05) is 66.8 Å². The van der Waals surface area contributed by atoms with Crippen LogP contribution in [0.3, 0.4) is 0 Å². The maximum Gasteiger partial charge on any atom is 0.258 e. The Labute approximate surface area is 301 Å². The highest BCUT2D eigenvalue weighted by atomic mass is 35.5. The molecule has 2 saturated heterocycles. The van der Waals surface area contributed by atoms with Gasteiger partial charge in [-0.3, -0.25) is 24.1 Å². The van der Waals surface area contributed by atoms with Crippen LogP contribution in [0.5, 0.6) is 5.75 Å². The Hall–Kier alpha value is -5.07. The lowest BCUT2D eigenvalue weighted by molar-refractivity contribution is -0.125. The zero-order valence-corrected chi connectivity index (χ0v) is 28.0. The Morgan fingerprint density at radius 3 is 2.00 bits per heavy atom. The quantitative estimate of drug-likeness (QED) is 0.0578. The van der Waals surface area contributed by atoms with Gasteiger partial charge in [0.2, 0.25) is 17.6 Å². The van der Waals surface area contributed by atoms with E-state index in [4.69, 9.17) is 23.2 Å². The molecule has 0 bridgehead atoms. The number of alkyl halides is 2. The topological polar surface area (TPSA) is 95.0 Å². The number of carbonyl (C=O) groups is 4. The molecule has 6 atom stereocenters. The van der Waals surface area contributed by atoms with E-state index < -0.39 is 98.2 Å². The smallest absolute Gasteiger partial charge is 0.258 e. The van der Waals surface area contributed by atoms with Gasteiger partial charge < -0.3 is 5.11 Å². The highest BCUT2D eigenvalue weighted by molar-refractivity contribution is 6.58. The van der Waals surface area contributed by atoms with Crippen LogP contribution < -0.4 is 9.80 Å². The molecule has 4 aromatic carbocycles. The number of fused-ring (bicyclic) bond motifs is 5. The molecule has 2 aliphatic carbocycles. The van der Waals surface area contributed by atoms with E-state index in [0.717, 1.165) is 10.5 Å². The molecule has 3 fully saturated rings. The van der Waals surface area contributed by atoms with Crippen molar-refractivity contribution in [3.8, 4) is 5.75 Å². The first-order valence-corrected chi connectivity index (χ1v) is 16.7. The van der Waals surface area contributed by atoms with Crippen molar-refractivity contribution in [2.45, 2.75) is 28.5 Å².